The number of amides is 1. The van der Waals surface area contributed by atoms with Crippen molar-refractivity contribution < 1.29 is 4.79 Å². The molecule has 6 heteroatoms. The first-order valence-corrected chi connectivity index (χ1v) is 5.53. The van der Waals surface area contributed by atoms with Crippen LogP contribution in [-0.2, 0) is 11.3 Å². The van der Waals surface area contributed by atoms with E-state index in [0.717, 1.165) is 11.0 Å². The van der Waals surface area contributed by atoms with E-state index in [0.29, 0.717) is 6.54 Å². The Morgan fingerprint density at radius 2 is 2.47 bits per heavy atom. The van der Waals surface area contributed by atoms with E-state index < -0.39 is 0 Å². The van der Waals surface area contributed by atoms with E-state index in [1.54, 1.807) is 13.2 Å². The topological polar surface area (TPSA) is 59.0 Å². The second kappa shape index (κ2) is 5.87. The lowest BCUT2D eigenvalue weighted by atomic mass is 10.3. The number of halogens is 1. The maximum Gasteiger partial charge on any atom is 0.233 e. The van der Waals surface area contributed by atoms with Crippen molar-refractivity contribution >= 4 is 21.8 Å². The summed E-state index contributed by atoms with van der Waals surface area (Å²) < 4.78 is 2.78. The quantitative estimate of drug-likeness (QED) is 0.816. The van der Waals surface area contributed by atoms with Gasteiger partial charge in [0.25, 0.3) is 0 Å². The van der Waals surface area contributed by atoms with Crippen molar-refractivity contribution in [1.29, 1.82) is 0 Å². The molecule has 1 atom stereocenters. The van der Waals surface area contributed by atoms with Gasteiger partial charge in [-0.25, -0.2) is 0 Å². The van der Waals surface area contributed by atoms with E-state index in [1.807, 2.05) is 17.8 Å². The number of hydrogen-bond donors (Lipinski definition) is 2. The SMILES string of the molecule is CNC(=O)CNC(C)Cn1cc(Br)cn1. The number of aromatic nitrogens is 2. The highest BCUT2D eigenvalue weighted by Gasteiger charge is 2.05. The zero-order chi connectivity index (χ0) is 11.3. The molecular weight excluding hydrogens is 260 g/mol. The van der Waals surface area contributed by atoms with Crippen molar-refractivity contribution in [3.05, 3.63) is 16.9 Å². The number of nitrogens with zero attached hydrogens (tertiary/aromatic N) is 2. The molecule has 0 aliphatic rings. The molecule has 0 aliphatic carbocycles. The Bertz CT molecular complexity index is 326. The molecule has 2 N–H and O–H groups in total. The average Bonchev–Trinajstić information content (AvgIpc) is 2.60. The summed E-state index contributed by atoms with van der Waals surface area (Å²) in [6.07, 6.45) is 3.64. The summed E-state index contributed by atoms with van der Waals surface area (Å²) in [6.45, 7) is 3.08. The number of rotatable bonds is 5. The van der Waals surface area contributed by atoms with E-state index in [2.05, 4.69) is 31.7 Å². The van der Waals surface area contributed by atoms with Gasteiger partial charge in [-0.05, 0) is 22.9 Å². The van der Waals surface area contributed by atoms with E-state index in [1.165, 1.54) is 0 Å². The Morgan fingerprint density at radius 3 is 3.00 bits per heavy atom. The van der Waals surface area contributed by atoms with Gasteiger partial charge < -0.3 is 10.6 Å². The van der Waals surface area contributed by atoms with E-state index in [-0.39, 0.29) is 11.9 Å². The Labute approximate surface area is 97.4 Å². The fourth-order valence-corrected chi connectivity index (χ4v) is 1.47. The van der Waals surface area contributed by atoms with Crippen LogP contribution in [0.4, 0.5) is 0 Å². The van der Waals surface area contributed by atoms with Crippen molar-refractivity contribution in [2.24, 2.45) is 0 Å². The first-order chi connectivity index (χ1) is 7.11. The van der Waals surface area contributed by atoms with Gasteiger partial charge in [-0.15, -0.1) is 0 Å². The highest BCUT2D eigenvalue weighted by Crippen LogP contribution is 2.06. The molecule has 0 aliphatic heterocycles. The number of hydrogen-bond acceptors (Lipinski definition) is 3. The first-order valence-electron chi connectivity index (χ1n) is 4.73. The Kier molecular flexibility index (Phi) is 4.77. The lowest BCUT2D eigenvalue weighted by Gasteiger charge is -2.12. The molecular formula is C9H15BrN4O. The van der Waals surface area contributed by atoms with E-state index in [9.17, 15) is 4.79 Å². The number of likely N-dealkylation sites (N-methyl/N-ethyl adjacent to an activating group) is 1. The second-order valence-electron chi connectivity index (χ2n) is 3.34. The third-order valence-electron chi connectivity index (χ3n) is 1.95. The number of carbonyl (C=O) groups is 1. The van der Waals surface area contributed by atoms with Gasteiger partial charge in [0.15, 0.2) is 0 Å². The highest BCUT2D eigenvalue weighted by molar-refractivity contribution is 9.10. The summed E-state index contributed by atoms with van der Waals surface area (Å²) in [5.74, 6) is -0.0107. The molecule has 0 spiro atoms. The summed E-state index contributed by atoms with van der Waals surface area (Å²) in [5.41, 5.74) is 0. The van der Waals surface area contributed by atoms with Gasteiger partial charge in [0.2, 0.25) is 5.91 Å². The summed E-state index contributed by atoms with van der Waals surface area (Å²) >= 11 is 3.33. The van der Waals surface area contributed by atoms with E-state index >= 15 is 0 Å². The van der Waals surface area contributed by atoms with Crippen molar-refractivity contribution in [2.75, 3.05) is 13.6 Å². The molecule has 0 bridgehead atoms. The normalized spacial score (nSPS) is 12.5. The third kappa shape index (κ3) is 4.44. The van der Waals surface area contributed by atoms with Crippen LogP contribution in [0.3, 0.4) is 0 Å². The molecule has 0 saturated carbocycles. The van der Waals surface area contributed by atoms with Crippen LogP contribution in [0.5, 0.6) is 0 Å². The van der Waals surface area contributed by atoms with Crippen molar-refractivity contribution in [3.8, 4) is 0 Å². The molecule has 0 aromatic carbocycles. The third-order valence-corrected chi connectivity index (χ3v) is 2.36. The van der Waals surface area contributed by atoms with Crippen LogP contribution < -0.4 is 10.6 Å². The summed E-state index contributed by atoms with van der Waals surface area (Å²) in [7, 11) is 1.62. The Hall–Kier alpha value is -0.880. The molecule has 1 heterocycles. The van der Waals surface area contributed by atoms with Crippen LogP contribution in [0.15, 0.2) is 16.9 Å². The molecule has 1 aromatic heterocycles. The summed E-state index contributed by atoms with van der Waals surface area (Å²) in [5, 5.41) is 9.79. The van der Waals surface area contributed by atoms with Crippen LogP contribution in [0.2, 0.25) is 0 Å². The van der Waals surface area contributed by atoms with Crippen LogP contribution in [-0.4, -0.2) is 35.3 Å². The predicted molar refractivity (Wildman–Crippen MR) is 61.5 cm³/mol. The molecule has 0 saturated heterocycles. The van der Waals surface area contributed by atoms with Crippen LogP contribution in [0.25, 0.3) is 0 Å². The monoisotopic (exact) mass is 274 g/mol. The lowest BCUT2D eigenvalue weighted by Crippen LogP contribution is -2.38. The molecule has 1 unspecified atom stereocenters. The minimum absolute atomic E-state index is 0.0107. The molecule has 84 valence electrons. The summed E-state index contributed by atoms with van der Waals surface area (Å²) in [6, 6.07) is 0.203. The van der Waals surface area contributed by atoms with Gasteiger partial charge in [-0.1, -0.05) is 0 Å². The minimum atomic E-state index is -0.0107. The zero-order valence-electron chi connectivity index (χ0n) is 8.83. The lowest BCUT2D eigenvalue weighted by molar-refractivity contribution is -0.119. The van der Waals surface area contributed by atoms with Gasteiger partial charge in [0, 0.05) is 19.3 Å². The predicted octanol–water partition coefficient (Wildman–Crippen LogP) is 0.370. The average molecular weight is 275 g/mol. The molecule has 5 nitrogen and oxygen atoms in total. The smallest absolute Gasteiger partial charge is 0.233 e. The minimum Gasteiger partial charge on any atom is -0.358 e. The van der Waals surface area contributed by atoms with Gasteiger partial charge in [-0.2, -0.15) is 5.10 Å². The van der Waals surface area contributed by atoms with E-state index in [4.69, 9.17) is 0 Å². The van der Waals surface area contributed by atoms with Crippen LogP contribution in [0.1, 0.15) is 6.92 Å². The van der Waals surface area contributed by atoms with Crippen molar-refractivity contribution in [2.45, 2.75) is 19.5 Å². The maximum absolute atomic E-state index is 11.0. The largest absolute Gasteiger partial charge is 0.358 e. The standard InChI is InChI=1S/C9H15BrN4O/c1-7(12-4-9(15)11-2)5-14-6-8(10)3-13-14/h3,6-7,12H,4-5H2,1-2H3,(H,11,15). The van der Waals surface area contributed by atoms with Crippen LogP contribution in [0, 0.1) is 0 Å². The van der Waals surface area contributed by atoms with Gasteiger partial charge in [0.05, 0.1) is 23.8 Å². The molecule has 1 rings (SSSR count). The molecule has 1 aromatic rings. The second-order valence-corrected chi connectivity index (χ2v) is 4.25. The highest BCUT2D eigenvalue weighted by atomic mass is 79.9. The Balaban J connectivity index is 2.30. The Morgan fingerprint density at radius 1 is 1.73 bits per heavy atom. The van der Waals surface area contributed by atoms with Crippen LogP contribution >= 0.6 is 15.9 Å². The molecule has 0 fully saturated rings. The van der Waals surface area contributed by atoms with Crippen molar-refractivity contribution in [3.63, 3.8) is 0 Å². The fraction of sp³-hybridized carbons (Fsp3) is 0.556. The molecule has 15 heavy (non-hydrogen) atoms. The molecule has 0 radical (unpaired) electrons. The number of nitrogens with one attached hydrogen (secondary N) is 2. The van der Waals surface area contributed by atoms with Gasteiger partial charge in [0.1, 0.15) is 0 Å². The maximum atomic E-state index is 11.0. The van der Waals surface area contributed by atoms with Gasteiger partial charge >= 0.3 is 0 Å². The van der Waals surface area contributed by atoms with Crippen molar-refractivity contribution in [1.82, 2.24) is 20.4 Å². The fourth-order valence-electron chi connectivity index (χ4n) is 1.14. The van der Waals surface area contributed by atoms with Gasteiger partial charge in [-0.3, -0.25) is 9.48 Å². The number of carbonyl (C=O) groups excluding carboxylic acids is 1. The zero-order valence-corrected chi connectivity index (χ0v) is 10.4. The summed E-state index contributed by atoms with van der Waals surface area (Å²) in [4.78, 5) is 11.0. The molecule has 1 amide bonds. The first kappa shape index (κ1) is 12.2.